The largest absolute Gasteiger partial charge is 0.439 e. The van der Waals surface area contributed by atoms with Gasteiger partial charge in [-0.1, -0.05) is 125 Å². The maximum atomic E-state index is 14.7. The van der Waals surface area contributed by atoms with Crippen molar-refractivity contribution >= 4 is 45.4 Å². The molecule has 5 aromatic carbocycles. The molecule has 2 heterocycles. The van der Waals surface area contributed by atoms with Crippen LogP contribution in [0.3, 0.4) is 0 Å². The number of hydrazine groups is 2. The summed E-state index contributed by atoms with van der Waals surface area (Å²) in [5.74, 6) is 11.1. The Balaban J connectivity index is 1.23. The molecule has 2 aliphatic heterocycles. The third-order valence-corrected chi connectivity index (χ3v) is 13.4. The Morgan fingerprint density at radius 3 is 1.21 bits per heavy atom. The van der Waals surface area contributed by atoms with Crippen LogP contribution in [-0.4, -0.2) is 71.4 Å². The zero-order valence-corrected chi connectivity index (χ0v) is 36.4. The fourth-order valence-electron chi connectivity index (χ4n) is 10.0. The van der Waals surface area contributed by atoms with Gasteiger partial charge in [-0.05, 0) is 93.7 Å². The number of amides is 6. The van der Waals surface area contributed by atoms with Crippen molar-refractivity contribution < 1.29 is 28.1 Å². The zero-order valence-electron chi connectivity index (χ0n) is 36.4. The molecule has 8 N–H and O–H groups in total. The van der Waals surface area contributed by atoms with E-state index in [1.807, 2.05) is 72.8 Å². The number of nitrogens with two attached hydrogens (primary N) is 2. The van der Waals surface area contributed by atoms with Gasteiger partial charge < -0.3 is 0 Å². The van der Waals surface area contributed by atoms with Crippen LogP contribution in [0.15, 0.2) is 97.1 Å². The molecule has 0 saturated carbocycles. The first-order chi connectivity index (χ1) is 30.2. The minimum Gasteiger partial charge on any atom is -0.261 e. The van der Waals surface area contributed by atoms with Crippen molar-refractivity contribution in [2.75, 3.05) is 26.2 Å². The Bertz CT molecular complexity index is 2160. The second kappa shape index (κ2) is 20.2. The van der Waals surface area contributed by atoms with Crippen LogP contribution >= 0.6 is 0 Å². The fraction of sp³-hybridized carbons (Fsp3) is 0.400. The van der Waals surface area contributed by atoms with Crippen molar-refractivity contribution in [2.24, 2.45) is 11.7 Å². The van der Waals surface area contributed by atoms with Crippen molar-refractivity contribution in [1.82, 2.24) is 21.5 Å². The molecule has 4 unspecified atom stereocenters. The number of fused-ring (bicyclic) bond motifs is 2. The number of unbranched alkanes of at least 4 members (excludes halogenated alkanes) is 6. The normalized spacial score (nSPS) is 21.0. The number of benzene rings is 5. The topological polar surface area (TPSA) is 168 Å². The number of hydrogen-bond acceptors (Lipinski definition) is 8. The molecular formula is C50H64N8O4+2. The average molecular weight is 841 g/mol. The van der Waals surface area contributed by atoms with Gasteiger partial charge in [0.2, 0.25) is 0 Å². The first kappa shape index (κ1) is 44.7. The molecule has 0 radical (unpaired) electrons. The Kier molecular flexibility index (Phi) is 14.6. The number of quaternary nitrogens is 2. The summed E-state index contributed by atoms with van der Waals surface area (Å²) < 4.78 is -1.03. The van der Waals surface area contributed by atoms with Crippen molar-refractivity contribution in [1.29, 1.82) is 0 Å². The SMILES string of the molecule is CCCCCCc1ccc(C(=O)[N+]2(C(=O)NN)CCNC2Cc2c3ccccc3c(CC3NCC[N+]3(C(=O)NN)C(=O)c3ccc(CCCCCC)cc3)c3ccccc23)cc1. The first-order valence-electron chi connectivity index (χ1n) is 22.7. The zero-order chi connectivity index (χ0) is 43.7. The van der Waals surface area contributed by atoms with Crippen molar-refractivity contribution in [3.63, 3.8) is 0 Å². The molecule has 0 aliphatic carbocycles. The van der Waals surface area contributed by atoms with Gasteiger partial charge in [0.25, 0.3) is 0 Å². The molecule has 2 fully saturated rings. The Labute approximate surface area is 365 Å². The molecular weight excluding hydrogens is 777 g/mol. The fourth-order valence-corrected chi connectivity index (χ4v) is 10.0. The third kappa shape index (κ3) is 8.68. The number of carbonyl (C=O) groups is 4. The molecule has 7 rings (SSSR count). The van der Waals surface area contributed by atoms with Gasteiger partial charge in [-0.3, -0.25) is 10.6 Å². The van der Waals surface area contributed by atoms with E-state index in [4.69, 9.17) is 11.7 Å². The van der Waals surface area contributed by atoms with Gasteiger partial charge in [-0.25, -0.2) is 41.7 Å². The summed E-state index contributed by atoms with van der Waals surface area (Å²) in [6, 6.07) is 30.5. The number of urea groups is 2. The van der Waals surface area contributed by atoms with Crippen LogP contribution in [0.5, 0.6) is 0 Å². The lowest BCUT2D eigenvalue weighted by Crippen LogP contribution is -2.66. The predicted octanol–water partition coefficient (Wildman–Crippen LogP) is 7.66. The smallest absolute Gasteiger partial charge is 0.261 e. The minimum absolute atomic E-state index is 0.242. The van der Waals surface area contributed by atoms with Crippen LogP contribution < -0.4 is 33.2 Å². The van der Waals surface area contributed by atoms with Crippen LogP contribution in [-0.2, 0) is 25.7 Å². The van der Waals surface area contributed by atoms with E-state index in [0.29, 0.717) is 37.1 Å². The summed E-state index contributed by atoms with van der Waals surface area (Å²) in [5.41, 5.74) is 9.90. The van der Waals surface area contributed by atoms with Gasteiger partial charge in [0.1, 0.15) is 13.1 Å². The first-order valence-corrected chi connectivity index (χ1v) is 22.7. The number of rotatable bonds is 16. The summed E-state index contributed by atoms with van der Waals surface area (Å²) in [6.45, 7) is 5.76. The van der Waals surface area contributed by atoms with Crippen molar-refractivity contribution in [3.8, 4) is 0 Å². The van der Waals surface area contributed by atoms with E-state index in [9.17, 15) is 19.2 Å². The molecule has 6 amide bonds. The highest BCUT2D eigenvalue weighted by Gasteiger charge is 2.56. The Morgan fingerprint density at radius 2 is 0.887 bits per heavy atom. The highest BCUT2D eigenvalue weighted by atomic mass is 16.2. The molecule has 0 spiro atoms. The maximum absolute atomic E-state index is 14.7. The second-order valence-corrected chi connectivity index (χ2v) is 17.1. The maximum Gasteiger partial charge on any atom is 0.439 e. The number of hydrogen-bond donors (Lipinski definition) is 6. The van der Waals surface area contributed by atoms with E-state index in [2.05, 4.69) is 59.6 Å². The summed E-state index contributed by atoms with van der Waals surface area (Å²) >= 11 is 0. The minimum atomic E-state index is -0.619. The van der Waals surface area contributed by atoms with Gasteiger partial charge in [0, 0.05) is 12.8 Å². The van der Waals surface area contributed by atoms with Gasteiger partial charge in [-0.15, -0.1) is 0 Å². The molecule has 12 heteroatoms. The quantitative estimate of drug-likeness (QED) is 0.0147. The standard InChI is InChI=1S/C50H62N8O4/c1-3-5-7-9-15-35-21-25-37(26-22-35)47(59)57(49(61)55-51)31-29-53-45(57)33-43-39-17-11-13-19-41(39)44(42-20-14-12-18-40(42)43)34-46-54-30-32-58(46,50(62)56-52)48(60)38-27-23-36(24-28-38)16-10-8-6-4-2/h11-14,17-28,45-46,53-54H,3-10,15-16,29-34,51-52H2,1-2H3/p+2. The summed E-state index contributed by atoms with van der Waals surface area (Å²) in [4.78, 5) is 57.3. The molecule has 4 atom stereocenters. The van der Waals surface area contributed by atoms with Crippen LogP contribution in [0.25, 0.3) is 21.5 Å². The number of nitrogens with zero attached hydrogens (tertiary/aromatic N) is 2. The Hall–Kier alpha value is -5.34. The molecule has 5 aromatic rings. The molecule has 12 nitrogen and oxygen atoms in total. The number of nitrogens with one attached hydrogen (secondary N) is 4. The predicted molar refractivity (Wildman–Crippen MR) is 245 cm³/mol. The summed E-state index contributed by atoms with van der Waals surface area (Å²) in [5, 5.41) is 10.9. The van der Waals surface area contributed by atoms with Crippen LogP contribution in [0.4, 0.5) is 9.59 Å². The van der Waals surface area contributed by atoms with E-state index in [1.54, 1.807) is 0 Å². The monoisotopic (exact) mass is 841 g/mol. The Morgan fingerprint density at radius 1 is 0.532 bits per heavy atom. The summed E-state index contributed by atoms with van der Waals surface area (Å²) in [6.07, 6.45) is 10.6. The average Bonchev–Trinajstić information content (AvgIpc) is 3.95. The molecule has 62 heavy (non-hydrogen) atoms. The molecule has 2 aliphatic rings. The molecule has 0 bridgehead atoms. The molecule has 326 valence electrons. The lowest BCUT2D eigenvalue weighted by molar-refractivity contribution is -0.782. The lowest BCUT2D eigenvalue weighted by Gasteiger charge is -2.34. The van der Waals surface area contributed by atoms with E-state index >= 15 is 0 Å². The highest BCUT2D eigenvalue weighted by Crippen LogP contribution is 2.38. The third-order valence-electron chi connectivity index (χ3n) is 13.4. The lowest BCUT2D eigenvalue weighted by atomic mass is 9.87. The van der Waals surface area contributed by atoms with E-state index in [-0.39, 0.29) is 24.9 Å². The van der Waals surface area contributed by atoms with Crippen LogP contribution in [0, 0.1) is 0 Å². The number of imide groups is 2. The van der Waals surface area contributed by atoms with Gasteiger partial charge in [0.05, 0.1) is 24.2 Å². The van der Waals surface area contributed by atoms with E-state index < -0.39 is 33.4 Å². The van der Waals surface area contributed by atoms with Gasteiger partial charge in [-0.2, -0.15) is 8.97 Å². The van der Waals surface area contributed by atoms with Crippen molar-refractivity contribution in [3.05, 3.63) is 130 Å². The van der Waals surface area contributed by atoms with Crippen molar-refractivity contribution in [2.45, 2.75) is 103 Å². The summed E-state index contributed by atoms with van der Waals surface area (Å²) in [7, 11) is 0. The number of carbonyl (C=O) groups excluding carboxylic acids is 4. The van der Waals surface area contributed by atoms with Gasteiger partial charge >= 0.3 is 23.9 Å². The van der Waals surface area contributed by atoms with E-state index in [0.717, 1.165) is 58.4 Å². The van der Waals surface area contributed by atoms with Crippen LogP contribution in [0.1, 0.15) is 108 Å². The molecule has 2 saturated heterocycles. The van der Waals surface area contributed by atoms with Crippen LogP contribution in [0.2, 0.25) is 0 Å². The molecule has 0 aromatic heterocycles. The van der Waals surface area contributed by atoms with Gasteiger partial charge in [0.15, 0.2) is 12.3 Å². The second-order valence-electron chi connectivity index (χ2n) is 17.1. The van der Waals surface area contributed by atoms with E-state index in [1.165, 1.54) is 49.7 Å². The highest BCUT2D eigenvalue weighted by molar-refractivity contribution is 6.06. The number of aryl methyl sites for hydroxylation is 2.